The Bertz CT molecular complexity index is 770. The van der Waals surface area contributed by atoms with Gasteiger partial charge in [0.2, 0.25) is 0 Å². The summed E-state index contributed by atoms with van der Waals surface area (Å²) < 4.78 is 0. The van der Waals surface area contributed by atoms with Crippen LogP contribution in [0.2, 0.25) is 0 Å². The molecule has 84 valence electrons. The van der Waals surface area contributed by atoms with Gasteiger partial charge in [-0.3, -0.25) is 0 Å². The molecule has 0 spiro atoms. The molecule has 2 bridgehead atoms. The van der Waals surface area contributed by atoms with Gasteiger partial charge in [0.15, 0.2) is 0 Å². The Morgan fingerprint density at radius 2 is 1.28 bits per heavy atom. The molecule has 1 aromatic heterocycles. The fourth-order valence-corrected chi connectivity index (χ4v) is 2.62. The highest BCUT2D eigenvalue weighted by atomic mass is 14.7. The molecule has 1 aliphatic heterocycles. The second-order valence-electron chi connectivity index (χ2n) is 4.50. The van der Waals surface area contributed by atoms with E-state index in [1.54, 1.807) is 0 Å². The third-order valence-corrected chi connectivity index (χ3v) is 3.43. The van der Waals surface area contributed by atoms with E-state index in [0.29, 0.717) is 0 Å². The highest BCUT2D eigenvalue weighted by molar-refractivity contribution is 6.06. The van der Waals surface area contributed by atoms with E-state index < -0.39 is 0 Å². The molecule has 1 heteroatoms. The number of benzene rings is 2. The molecule has 0 saturated carbocycles. The predicted octanol–water partition coefficient (Wildman–Crippen LogP) is 4.39. The lowest BCUT2D eigenvalue weighted by atomic mass is 9.98. The standard InChI is InChI=1S/C17H11N/c1-2-6-12(7-3-1)17-14-9-5-4-8-13(14)15-10-11-16(17)18-15/h1-11H. The van der Waals surface area contributed by atoms with Crippen LogP contribution in [0, 0.1) is 0 Å². The fraction of sp³-hybridized carbons (Fsp3) is 0. The average molecular weight is 229 g/mol. The van der Waals surface area contributed by atoms with Gasteiger partial charge in [0.05, 0.1) is 11.4 Å². The van der Waals surface area contributed by atoms with Gasteiger partial charge < -0.3 is 0 Å². The van der Waals surface area contributed by atoms with Crippen LogP contribution in [0.5, 0.6) is 0 Å². The van der Waals surface area contributed by atoms with Crippen molar-refractivity contribution in [2.75, 3.05) is 0 Å². The van der Waals surface area contributed by atoms with Crippen LogP contribution >= 0.6 is 0 Å². The molecular formula is C17H11N. The Kier molecular flexibility index (Phi) is 1.89. The zero-order valence-corrected chi connectivity index (χ0v) is 9.80. The third-order valence-electron chi connectivity index (χ3n) is 3.43. The van der Waals surface area contributed by atoms with Crippen molar-refractivity contribution in [3.05, 3.63) is 66.0 Å². The van der Waals surface area contributed by atoms with Crippen molar-refractivity contribution in [1.29, 1.82) is 0 Å². The van der Waals surface area contributed by atoms with Crippen LogP contribution < -0.4 is 0 Å². The van der Waals surface area contributed by atoms with Gasteiger partial charge in [-0.05, 0) is 23.1 Å². The van der Waals surface area contributed by atoms with Gasteiger partial charge in [0, 0.05) is 10.9 Å². The van der Waals surface area contributed by atoms with Crippen molar-refractivity contribution in [2.45, 2.75) is 0 Å². The Balaban J connectivity index is 2.17. The molecule has 0 N–H and O–H groups in total. The second-order valence-corrected chi connectivity index (χ2v) is 4.50. The number of aromatic nitrogens is 1. The highest BCUT2D eigenvalue weighted by Crippen LogP contribution is 2.36. The minimum absolute atomic E-state index is 1.08. The lowest BCUT2D eigenvalue weighted by molar-refractivity contribution is 1.33. The smallest absolute Gasteiger partial charge is 0.0722 e. The molecule has 2 aromatic carbocycles. The van der Waals surface area contributed by atoms with Gasteiger partial charge in [-0.25, -0.2) is 4.98 Å². The van der Waals surface area contributed by atoms with Gasteiger partial charge in [-0.1, -0.05) is 54.6 Å². The first kappa shape index (κ1) is 9.60. The summed E-state index contributed by atoms with van der Waals surface area (Å²) in [6, 6.07) is 19.0. The van der Waals surface area contributed by atoms with Crippen molar-refractivity contribution in [3.63, 3.8) is 0 Å². The highest BCUT2D eigenvalue weighted by Gasteiger charge is 2.15. The second kappa shape index (κ2) is 3.54. The quantitative estimate of drug-likeness (QED) is 0.472. The van der Waals surface area contributed by atoms with Crippen LogP contribution in [-0.4, -0.2) is 4.98 Å². The first-order valence-electron chi connectivity index (χ1n) is 6.10. The zero-order valence-electron chi connectivity index (χ0n) is 9.80. The molecule has 0 unspecified atom stereocenters. The molecule has 0 radical (unpaired) electrons. The molecule has 0 fully saturated rings. The van der Waals surface area contributed by atoms with Crippen molar-refractivity contribution >= 4 is 22.9 Å². The number of rotatable bonds is 1. The molecule has 0 aliphatic carbocycles. The summed E-state index contributed by atoms with van der Waals surface area (Å²) in [4.78, 5) is 4.68. The van der Waals surface area contributed by atoms with E-state index in [-0.39, 0.29) is 0 Å². The molecule has 0 atom stereocenters. The fourth-order valence-electron chi connectivity index (χ4n) is 2.62. The Morgan fingerprint density at radius 1 is 0.611 bits per heavy atom. The summed E-state index contributed by atoms with van der Waals surface area (Å²) in [5.74, 6) is 0. The largest absolute Gasteiger partial charge is 0.248 e. The Labute approximate surface area is 105 Å². The summed E-state index contributed by atoms with van der Waals surface area (Å²) in [5.41, 5.74) is 4.63. The average Bonchev–Trinajstić information content (AvgIpc) is 2.85. The van der Waals surface area contributed by atoms with E-state index in [1.165, 1.54) is 21.9 Å². The van der Waals surface area contributed by atoms with Crippen LogP contribution in [0.1, 0.15) is 11.4 Å². The summed E-state index contributed by atoms with van der Waals surface area (Å²) in [7, 11) is 0. The Hall–Kier alpha value is -2.41. The Morgan fingerprint density at radius 3 is 2.11 bits per heavy atom. The number of hydrogen-bond acceptors (Lipinski definition) is 1. The summed E-state index contributed by atoms with van der Waals surface area (Å²) in [5, 5.41) is 2.52. The van der Waals surface area contributed by atoms with Crippen LogP contribution in [0.4, 0.5) is 0 Å². The maximum absolute atomic E-state index is 4.68. The van der Waals surface area contributed by atoms with Crippen molar-refractivity contribution in [3.8, 4) is 11.1 Å². The third kappa shape index (κ3) is 1.25. The van der Waals surface area contributed by atoms with Gasteiger partial charge in [0.1, 0.15) is 0 Å². The molecule has 4 rings (SSSR count). The van der Waals surface area contributed by atoms with E-state index in [4.69, 9.17) is 0 Å². The molecule has 3 aromatic rings. The van der Waals surface area contributed by atoms with Crippen LogP contribution in [-0.2, 0) is 0 Å². The zero-order chi connectivity index (χ0) is 11.9. The minimum Gasteiger partial charge on any atom is -0.248 e. The van der Waals surface area contributed by atoms with Crippen molar-refractivity contribution < 1.29 is 0 Å². The first-order chi connectivity index (χ1) is 8.93. The molecule has 18 heavy (non-hydrogen) atoms. The van der Waals surface area contributed by atoms with E-state index in [0.717, 1.165) is 11.4 Å². The number of pyridine rings is 1. The van der Waals surface area contributed by atoms with E-state index in [1.807, 2.05) is 6.07 Å². The van der Waals surface area contributed by atoms with Crippen LogP contribution in [0.25, 0.3) is 34.1 Å². The normalized spacial score (nSPS) is 12.2. The monoisotopic (exact) mass is 229 g/mol. The number of nitrogens with zero attached hydrogens (tertiary/aromatic N) is 1. The van der Waals surface area contributed by atoms with E-state index in [2.05, 4.69) is 65.7 Å². The SMILES string of the molecule is C1=Cc2nc1c(-c1ccccc1)c1ccccc21. The van der Waals surface area contributed by atoms with E-state index in [9.17, 15) is 0 Å². The van der Waals surface area contributed by atoms with Gasteiger partial charge in [-0.2, -0.15) is 0 Å². The molecule has 2 heterocycles. The lowest BCUT2D eigenvalue weighted by Gasteiger charge is -2.09. The molecule has 0 amide bonds. The maximum Gasteiger partial charge on any atom is 0.0722 e. The van der Waals surface area contributed by atoms with E-state index >= 15 is 0 Å². The summed E-state index contributed by atoms with van der Waals surface area (Å²) >= 11 is 0. The summed E-state index contributed by atoms with van der Waals surface area (Å²) in [6.45, 7) is 0. The van der Waals surface area contributed by atoms with Gasteiger partial charge >= 0.3 is 0 Å². The topological polar surface area (TPSA) is 12.9 Å². The van der Waals surface area contributed by atoms with Crippen LogP contribution in [0.15, 0.2) is 54.6 Å². The molecule has 0 saturated heterocycles. The number of hydrogen-bond donors (Lipinski definition) is 0. The minimum atomic E-state index is 1.08. The summed E-state index contributed by atoms with van der Waals surface area (Å²) in [6.07, 6.45) is 4.21. The molecular weight excluding hydrogens is 218 g/mol. The number of fused-ring (bicyclic) bond motifs is 4. The molecule has 1 nitrogen and oxygen atoms in total. The van der Waals surface area contributed by atoms with Crippen molar-refractivity contribution in [1.82, 2.24) is 4.98 Å². The lowest BCUT2D eigenvalue weighted by Crippen LogP contribution is -1.90. The van der Waals surface area contributed by atoms with Gasteiger partial charge in [0.25, 0.3) is 0 Å². The maximum atomic E-state index is 4.68. The van der Waals surface area contributed by atoms with Crippen LogP contribution in [0.3, 0.4) is 0 Å². The molecule has 1 aliphatic rings. The van der Waals surface area contributed by atoms with Gasteiger partial charge in [-0.15, -0.1) is 0 Å². The first-order valence-corrected chi connectivity index (χ1v) is 6.10. The van der Waals surface area contributed by atoms with Crippen molar-refractivity contribution in [2.24, 2.45) is 0 Å². The predicted molar refractivity (Wildman–Crippen MR) is 76.1 cm³/mol.